The molecule has 0 N–H and O–H groups in total. The first-order valence-corrected chi connectivity index (χ1v) is 5.49. The number of nitrogens with zero attached hydrogens (tertiary/aromatic N) is 1. The molecule has 2 nitrogen and oxygen atoms in total. The van der Waals surface area contributed by atoms with Gasteiger partial charge in [0.05, 0.1) is 12.5 Å². The monoisotopic (exact) mass is 225 g/mol. The van der Waals surface area contributed by atoms with Gasteiger partial charge in [-0.3, -0.25) is 4.90 Å². The molecule has 1 aromatic carbocycles. The normalized spacial score (nSPS) is 13.0. The molecule has 84 valence electrons. The van der Waals surface area contributed by atoms with Crippen molar-refractivity contribution in [3.05, 3.63) is 28.8 Å². The Morgan fingerprint density at radius 3 is 2.27 bits per heavy atom. The summed E-state index contributed by atoms with van der Waals surface area (Å²) in [5.74, 6) is 0.940. The van der Waals surface area contributed by atoms with Crippen molar-refractivity contribution in [2.45, 2.75) is 19.2 Å². The molecule has 0 amide bonds. The van der Waals surface area contributed by atoms with Gasteiger partial charge in [-0.15, -0.1) is 0 Å². The Morgan fingerprint density at radius 2 is 1.80 bits per heavy atom. The highest BCUT2D eigenvalue weighted by Crippen LogP contribution is 2.31. The molecule has 0 saturated carbocycles. The van der Waals surface area contributed by atoms with Crippen molar-refractivity contribution < 1.29 is 4.74 Å². The van der Waals surface area contributed by atoms with E-state index in [0.717, 1.165) is 5.75 Å². The number of thiol groups is 1. The van der Waals surface area contributed by atoms with Gasteiger partial charge >= 0.3 is 0 Å². The van der Waals surface area contributed by atoms with E-state index in [9.17, 15) is 0 Å². The Morgan fingerprint density at radius 1 is 1.20 bits per heavy atom. The summed E-state index contributed by atoms with van der Waals surface area (Å²) in [5, 5.41) is 0.134. The Bertz CT molecular complexity index is 350. The highest BCUT2D eigenvalue weighted by Gasteiger charge is 2.14. The van der Waals surface area contributed by atoms with Crippen molar-refractivity contribution in [3.8, 4) is 5.75 Å². The summed E-state index contributed by atoms with van der Waals surface area (Å²) in [5.41, 5.74) is 3.68. The quantitative estimate of drug-likeness (QED) is 0.627. The minimum atomic E-state index is 0.134. The van der Waals surface area contributed by atoms with Crippen LogP contribution in [-0.2, 0) is 0 Å². The van der Waals surface area contributed by atoms with E-state index in [1.807, 2.05) is 20.2 Å². The Balaban J connectivity index is 3.17. The van der Waals surface area contributed by atoms with Crippen LogP contribution in [-0.4, -0.2) is 26.1 Å². The van der Waals surface area contributed by atoms with E-state index in [1.54, 1.807) is 7.11 Å². The van der Waals surface area contributed by atoms with E-state index in [2.05, 4.69) is 37.4 Å². The molecular formula is C12H19NOS. The van der Waals surface area contributed by atoms with E-state index < -0.39 is 0 Å². The predicted molar refractivity (Wildman–Crippen MR) is 67.9 cm³/mol. The molecule has 0 heterocycles. The molecular weight excluding hydrogens is 206 g/mol. The maximum atomic E-state index is 5.28. The molecule has 3 heteroatoms. The maximum absolute atomic E-state index is 5.28. The molecule has 0 radical (unpaired) electrons. The summed E-state index contributed by atoms with van der Waals surface area (Å²) in [4.78, 5) is 2.08. The lowest BCUT2D eigenvalue weighted by molar-refractivity contribution is 0.389. The van der Waals surface area contributed by atoms with E-state index in [4.69, 9.17) is 4.74 Å². The summed E-state index contributed by atoms with van der Waals surface area (Å²) in [6.45, 7) is 4.19. The Labute approximate surface area is 97.6 Å². The van der Waals surface area contributed by atoms with Crippen molar-refractivity contribution in [2.75, 3.05) is 21.2 Å². The SMILES string of the molecule is COc1ccc(C(S)N(C)C)c(C)c1C. The number of hydrogen-bond donors (Lipinski definition) is 1. The molecule has 0 saturated heterocycles. The number of hydrogen-bond acceptors (Lipinski definition) is 3. The first-order valence-electron chi connectivity index (χ1n) is 4.97. The minimum Gasteiger partial charge on any atom is -0.496 e. The fourth-order valence-corrected chi connectivity index (χ4v) is 1.88. The van der Waals surface area contributed by atoms with Crippen molar-refractivity contribution in [3.63, 3.8) is 0 Å². The molecule has 1 rings (SSSR count). The van der Waals surface area contributed by atoms with Gasteiger partial charge in [-0.1, -0.05) is 6.07 Å². The molecule has 0 aliphatic heterocycles. The van der Waals surface area contributed by atoms with E-state index >= 15 is 0 Å². The van der Waals surface area contributed by atoms with Crippen LogP contribution in [0.3, 0.4) is 0 Å². The number of ether oxygens (including phenoxy) is 1. The number of benzene rings is 1. The summed E-state index contributed by atoms with van der Waals surface area (Å²) in [7, 11) is 5.75. The fourth-order valence-electron chi connectivity index (χ4n) is 1.60. The minimum absolute atomic E-state index is 0.134. The van der Waals surface area contributed by atoms with Crippen LogP contribution in [0, 0.1) is 13.8 Å². The third kappa shape index (κ3) is 2.47. The van der Waals surface area contributed by atoms with Crippen LogP contribution in [0.25, 0.3) is 0 Å². The second kappa shape index (κ2) is 4.90. The van der Waals surface area contributed by atoms with Crippen molar-refractivity contribution in [2.24, 2.45) is 0 Å². The maximum Gasteiger partial charge on any atom is 0.122 e. The Kier molecular flexibility index (Phi) is 4.05. The van der Waals surface area contributed by atoms with E-state index in [0.29, 0.717) is 0 Å². The van der Waals surface area contributed by atoms with Gasteiger partial charge in [0.2, 0.25) is 0 Å². The summed E-state index contributed by atoms with van der Waals surface area (Å²) >= 11 is 4.58. The largest absolute Gasteiger partial charge is 0.496 e. The average molecular weight is 225 g/mol. The lowest BCUT2D eigenvalue weighted by atomic mass is 10.0. The zero-order chi connectivity index (χ0) is 11.6. The third-order valence-corrected chi connectivity index (χ3v) is 3.51. The van der Waals surface area contributed by atoms with Crippen LogP contribution in [0.1, 0.15) is 22.1 Å². The molecule has 0 aromatic heterocycles. The molecule has 1 atom stereocenters. The second-order valence-electron chi connectivity index (χ2n) is 3.94. The molecule has 0 bridgehead atoms. The molecule has 0 aliphatic carbocycles. The highest BCUT2D eigenvalue weighted by molar-refractivity contribution is 7.80. The fraction of sp³-hybridized carbons (Fsp3) is 0.500. The van der Waals surface area contributed by atoms with Crippen molar-refractivity contribution in [1.82, 2.24) is 4.90 Å². The lowest BCUT2D eigenvalue weighted by Crippen LogP contribution is -2.16. The van der Waals surface area contributed by atoms with E-state index in [-0.39, 0.29) is 5.37 Å². The summed E-state index contributed by atoms with van der Waals surface area (Å²) < 4.78 is 5.28. The smallest absolute Gasteiger partial charge is 0.122 e. The van der Waals surface area contributed by atoms with Gasteiger partial charge in [-0.05, 0) is 50.7 Å². The van der Waals surface area contributed by atoms with Crippen LogP contribution in [0.5, 0.6) is 5.75 Å². The van der Waals surface area contributed by atoms with E-state index in [1.165, 1.54) is 16.7 Å². The van der Waals surface area contributed by atoms with Crippen LogP contribution < -0.4 is 4.74 Å². The molecule has 0 spiro atoms. The van der Waals surface area contributed by atoms with Gasteiger partial charge in [-0.25, -0.2) is 0 Å². The highest BCUT2D eigenvalue weighted by atomic mass is 32.1. The first kappa shape index (κ1) is 12.4. The van der Waals surface area contributed by atoms with Gasteiger partial charge < -0.3 is 4.74 Å². The summed E-state index contributed by atoms with van der Waals surface area (Å²) in [6, 6.07) is 4.09. The van der Waals surface area contributed by atoms with Crippen LogP contribution in [0.2, 0.25) is 0 Å². The van der Waals surface area contributed by atoms with Gasteiger partial charge in [-0.2, -0.15) is 12.6 Å². The Hall–Kier alpha value is -0.670. The van der Waals surface area contributed by atoms with Crippen LogP contribution in [0.15, 0.2) is 12.1 Å². The third-order valence-electron chi connectivity index (χ3n) is 2.77. The molecule has 0 aliphatic rings. The van der Waals surface area contributed by atoms with Crippen molar-refractivity contribution >= 4 is 12.6 Å². The molecule has 1 unspecified atom stereocenters. The zero-order valence-electron chi connectivity index (χ0n) is 10.0. The van der Waals surface area contributed by atoms with Gasteiger partial charge in [0.25, 0.3) is 0 Å². The van der Waals surface area contributed by atoms with Crippen LogP contribution >= 0.6 is 12.6 Å². The average Bonchev–Trinajstić information content (AvgIpc) is 2.21. The number of rotatable bonds is 3. The van der Waals surface area contributed by atoms with Crippen LogP contribution in [0.4, 0.5) is 0 Å². The predicted octanol–water partition coefficient (Wildman–Crippen LogP) is 2.80. The van der Waals surface area contributed by atoms with Crippen molar-refractivity contribution in [1.29, 1.82) is 0 Å². The lowest BCUT2D eigenvalue weighted by Gasteiger charge is -2.22. The molecule has 0 fully saturated rings. The zero-order valence-corrected chi connectivity index (χ0v) is 10.9. The first-order chi connectivity index (χ1) is 6.99. The number of methoxy groups -OCH3 is 1. The van der Waals surface area contributed by atoms with Gasteiger partial charge in [0.15, 0.2) is 0 Å². The standard InChI is InChI=1S/C12H19NOS/c1-8-9(2)11(14-5)7-6-10(8)12(15)13(3)4/h6-7,12,15H,1-5H3. The van der Waals surface area contributed by atoms with Gasteiger partial charge in [0, 0.05) is 0 Å². The molecule has 15 heavy (non-hydrogen) atoms. The topological polar surface area (TPSA) is 12.5 Å². The molecule has 1 aromatic rings. The van der Waals surface area contributed by atoms with Gasteiger partial charge in [0.1, 0.15) is 5.75 Å². The summed E-state index contributed by atoms with van der Waals surface area (Å²) in [6.07, 6.45) is 0. The second-order valence-corrected chi connectivity index (χ2v) is 4.43.